The summed E-state index contributed by atoms with van der Waals surface area (Å²) in [5, 5.41) is 25.1. The summed E-state index contributed by atoms with van der Waals surface area (Å²) in [7, 11) is 0. The molecule has 0 saturated carbocycles. The molecule has 180 valence electrons. The minimum Gasteiger partial charge on any atom is -0.442 e. The summed E-state index contributed by atoms with van der Waals surface area (Å²) in [5.41, 5.74) is 0.975. The van der Waals surface area contributed by atoms with E-state index in [1.165, 1.54) is 17.9 Å². The number of benzene rings is 2. The van der Waals surface area contributed by atoms with Crippen molar-refractivity contribution in [1.82, 2.24) is 5.32 Å². The highest BCUT2D eigenvalue weighted by Gasteiger charge is 2.37. The van der Waals surface area contributed by atoms with Crippen molar-refractivity contribution in [3.05, 3.63) is 53.8 Å². The Morgan fingerprint density at radius 2 is 1.97 bits per heavy atom. The van der Waals surface area contributed by atoms with Crippen LogP contribution >= 0.6 is 0 Å². The third-order valence-electron chi connectivity index (χ3n) is 6.29. The number of carbonyl (C=O) groups excluding carboxylic acids is 2. The molecular formula is C25H25FN6O3. The molecule has 2 aromatic carbocycles. The number of hydrogen-bond acceptors (Lipinski definition) is 7. The van der Waals surface area contributed by atoms with Crippen molar-refractivity contribution in [2.75, 3.05) is 41.3 Å². The number of hydrogen-bond donors (Lipinski definition) is 2. The Morgan fingerprint density at radius 3 is 2.63 bits per heavy atom. The second-order valence-electron chi connectivity index (χ2n) is 8.65. The molecule has 0 radical (unpaired) electrons. The maximum absolute atomic E-state index is 15.1. The first-order valence-electron chi connectivity index (χ1n) is 11.3. The number of para-hydroxylation sites is 1. The van der Waals surface area contributed by atoms with Gasteiger partial charge in [-0.2, -0.15) is 10.5 Å². The highest BCUT2D eigenvalue weighted by atomic mass is 19.1. The van der Waals surface area contributed by atoms with Gasteiger partial charge in [-0.3, -0.25) is 9.69 Å². The molecule has 2 aliphatic heterocycles. The number of anilines is 3. The van der Waals surface area contributed by atoms with E-state index in [0.29, 0.717) is 48.6 Å². The predicted molar refractivity (Wildman–Crippen MR) is 127 cm³/mol. The molecule has 2 aromatic rings. The Morgan fingerprint density at radius 1 is 1.23 bits per heavy atom. The van der Waals surface area contributed by atoms with Crippen LogP contribution in [0.2, 0.25) is 0 Å². The molecular weight excluding hydrogens is 451 g/mol. The summed E-state index contributed by atoms with van der Waals surface area (Å²) in [4.78, 5) is 26.5. The molecule has 10 heteroatoms. The normalized spacial score (nSPS) is 18.9. The van der Waals surface area contributed by atoms with Gasteiger partial charge in [-0.15, -0.1) is 0 Å². The molecule has 2 heterocycles. The third kappa shape index (κ3) is 5.12. The number of rotatable bonds is 6. The second-order valence-corrected chi connectivity index (χ2v) is 8.65. The Hall–Kier alpha value is -4.31. The van der Waals surface area contributed by atoms with Crippen molar-refractivity contribution in [3.8, 4) is 12.1 Å². The summed E-state index contributed by atoms with van der Waals surface area (Å²) >= 11 is 0. The van der Waals surface area contributed by atoms with E-state index in [0.717, 1.165) is 0 Å². The van der Waals surface area contributed by atoms with E-state index in [-0.39, 0.29) is 19.0 Å². The van der Waals surface area contributed by atoms with Crippen LogP contribution in [-0.4, -0.2) is 49.8 Å². The summed E-state index contributed by atoms with van der Waals surface area (Å²) < 4.78 is 20.3. The van der Waals surface area contributed by atoms with Gasteiger partial charge >= 0.3 is 6.09 Å². The molecule has 2 amide bonds. The van der Waals surface area contributed by atoms with Crippen LogP contribution in [0.3, 0.4) is 0 Å². The average molecular weight is 477 g/mol. The zero-order chi connectivity index (χ0) is 25.0. The van der Waals surface area contributed by atoms with Gasteiger partial charge in [0.05, 0.1) is 41.8 Å². The third-order valence-corrected chi connectivity index (χ3v) is 6.29. The molecule has 0 unspecified atom stereocenters. The molecule has 9 nitrogen and oxygen atoms in total. The van der Waals surface area contributed by atoms with Gasteiger partial charge in [-0.25, -0.2) is 9.18 Å². The summed E-state index contributed by atoms with van der Waals surface area (Å²) in [6, 6.07) is 16.1. The van der Waals surface area contributed by atoms with Crippen LogP contribution in [0.1, 0.15) is 25.3 Å². The highest BCUT2D eigenvalue weighted by molar-refractivity contribution is 5.90. The fraction of sp³-hybridized carbons (Fsp3) is 0.360. The first-order valence-corrected chi connectivity index (χ1v) is 11.3. The minimum absolute atomic E-state index is 0.194. The van der Waals surface area contributed by atoms with Crippen molar-refractivity contribution in [2.24, 2.45) is 0 Å². The van der Waals surface area contributed by atoms with E-state index in [2.05, 4.69) is 22.8 Å². The van der Waals surface area contributed by atoms with Crippen LogP contribution in [0.15, 0.2) is 42.5 Å². The van der Waals surface area contributed by atoms with Crippen molar-refractivity contribution in [2.45, 2.75) is 31.4 Å². The molecule has 2 N–H and O–H groups in total. The maximum Gasteiger partial charge on any atom is 0.414 e. The van der Waals surface area contributed by atoms with Crippen LogP contribution in [0.5, 0.6) is 0 Å². The number of halogens is 1. The van der Waals surface area contributed by atoms with Crippen LogP contribution in [0.25, 0.3) is 0 Å². The van der Waals surface area contributed by atoms with Gasteiger partial charge < -0.3 is 20.3 Å². The number of nitrogens with zero attached hydrogens (tertiary/aromatic N) is 4. The van der Waals surface area contributed by atoms with Gasteiger partial charge in [0.15, 0.2) is 0 Å². The van der Waals surface area contributed by atoms with E-state index in [1.807, 2.05) is 4.90 Å². The van der Waals surface area contributed by atoms with Crippen molar-refractivity contribution >= 4 is 29.1 Å². The molecule has 2 fully saturated rings. The number of nitrogens with one attached hydrogen (secondary N) is 2. The summed E-state index contributed by atoms with van der Waals surface area (Å²) in [5.74, 6) is -0.700. The van der Waals surface area contributed by atoms with Gasteiger partial charge in [-0.1, -0.05) is 12.1 Å². The number of carbonyl (C=O) groups is 2. The number of cyclic esters (lactones) is 1. The lowest BCUT2D eigenvalue weighted by molar-refractivity contribution is -0.119. The first-order chi connectivity index (χ1) is 16.8. The SMILES string of the molecule is CC(=O)NC[C@H]1CN(c2ccc(N3CCC(C#N)(Nc4ccccc4C#N)CC3)c(F)c2)C(=O)O1. The second kappa shape index (κ2) is 9.90. The smallest absolute Gasteiger partial charge is 0.414 e. The first kappa shape index (κ1) is 23.8. The van der Waals surface area contributed by atoms with Gasteiger partial charge in [0.1, 0.15) is 23.5 Å². The molecule has 2 saturated heterocycles. The van der Waals surface area contributed by atoms with Gasteiger partial charge in [0.2, 0.25) is 5.91 Å². The molecule has 2 aliphatic rings. The van der Waals surface area contributed by atoms with Crippen molar-refractivity contribution in [1.29, 1.82) is 10.5 Å². The molecule has 0 spiro atoms. The fourth-order valence-corrected chi connectivity index (χ4v) is 4.36. The van der Waals surface area contributed by atoms with E-state index < -0.39 is 23.6 Å². The lowest BCUT2D eigenvalue weighted by Gasteiger charge is -2.39. The highest BCUT2D eigenvalue weighted by Crippen LogP contribution is 2.33. The van der Waals surface area contributed by atoms with E-state index in [4.69, 9.17) is 4.74 Å². The lowest BCUT2D eigenvalue weighted by Crippen LogP contribution is -2.48. The summed E-state index contributed by atoms with van der Waals surface area (Å²) in [6.07, 6.45) is -0.219. The number of amides is 2. The number of ether oxygens (including phenoxy) is 1. The van der Waals surface area contributed by atoms with Crippen molar-refractivity contribution in [3.63, 3.8) is 0 Å². The van der Waals surface area contributed by atoms with Crippen LogP contribution in [-0.2, 0) is 9.53 Å². The fourth-order valence-electron chi connectivity index (χ4n) is 4.36. The van der Waals surface area contributed by atoms with Crippen molar-refractivity contribution < 1.29 is 18.7 Å². The largest absolute Gasteiger partial charge is 0.442 e. The van der Waals surface area contributed by atoms with Crippen LogP contribution < -0.4 is 20.4 Å². The topological polar surface area (TPSA) is 121 Å². The van der Waals surface area contributed by atoms with Crippen LogP contribution in [0, 0.1) is 28.5 Å². The van der Waals surface area contributed by atoms with E-state index in [9.17, 15) is 20.1 Å². The number of nitriles is 2. The zero-order valence-corrected chi connectivity index (χ0v) is 19.3. The molecule has 0 aliphatic carbocycles. The minimum atomic E-state index is -0.859. The average Bonchev–Trinajstić information content (AvgIpc) is 3.24. The lowest BCUT2D eigenvalue weighted by atomic mass is 9.88. The molecule has 4 rings (SSSR count). The van der Waals surface area contributed by atoms with E-state index in [1.54, 1.807) is 36.4 Å². The zero-order valence-electron chi connectivity index (χ0n) is 19.3. The monoisotopic (exact) mass is 476 g/mol. The van der Waals surface area contributed by atoms with Gasteiger partial charge in [-0.05, 0) is 30.3 Å². The molecule has 0 aromatic heterocycles. The van der Waals surface area contributed by atoms with Crippen LogP contribution in [0.4, 0.5) is 26.2 Å². The standard InChI is InChI=1S/C25H25FN6O3/c1-17(33)29-14-20-15-32(24(34)35-20)19-6-7-23(21(26)12-19)31-10-8-25(16-28,9-11-31)30-22-5-3-2-4-18(22)13-27/h2-7,12,20,30H,8-11,14-15H2,1H3,(H,29,33)/t20-/m0/s1. The van der Waals surface area contributed by atoms with Gasteiger partial charge in [0, 0.05) is 32.9 Å². The quantitative estimate of drug-likeness (QED) is 0.657. The van der Waals surface area contributed by atoms with Gasteiger partial charge in [0.25, 0.3) is 0 Å². The molecule has 1 atom stereocenters. The number of piperidine rings is 1. The summed E-state index contributed by atoms with van der Waals surface area (Å²) in [6.45, 7) is 2.67. The predicted octanol–water partition coefficient (Wildman–Crippen LogP) is 3.13. The Kier molecular flexibility index (Phi) is 6.74. The Balaban J connectivity index is 1.42. The van der Waals surface area contributed by atoms with E-state index >= 15 is 4.39 Å². The Bertz CT molecular complexity index is 1210. The molecule has 35 heavy (non-hydrogen) atoms. The Labute approximate surface area is 202 Å². The molecule has 0 bridgehead atoms. The maximum atomic E-state index is 15.1.